The van der Waals surface area contributed by atoms with E-state index < -0.39 is 11.7 Å². The summed E-state index contributed by atoms with van der Waals surface area (Å²) in [5, 5.41) is 5.51. The van der Waals surface area contributed by atoms with E-state index in [9.17, 15) is 9.18 Å². The number of carbonyl (C=O) groups excluding carboxylic acids is 1. The van der Waals surface area contributed by atoms with E-state index in [0.29, 0.717) is 10.8 Å². The van der Waals surface area contributed by atoms with Gasteiger partial charge < -0.3 is 5.32 Å². The van der Waals surface area contributed by atoms with E-state index in [1.54, 1.807) is 18.2 Å². The Morgan fingerprint density at radius 1 is 1.25 bits per heavy atom. The summed E-state index contributed by atoms with van der Waals surface area (Å²) in [6.07, 6.45) is 1.46. The first-order chi connectivity index (χ1) is 9.56. The van der Waals surface area contributed by atoms with E-state index >= 15 is 0 Å². The first-order valence-electron chi connectivity index (χ1n) is 5.54. The van der Waals surface area contributed by atoms with Gasteiger partial charge in [-0.15, -0.1) is 0 Å². The Morgan fingerprint density at radius 3 is 2.65 bits per heavy atom. The number of hydrogen-bond donors (Lipinski definition) is 2. The third-order valence-electron chi connectivity index (χ3n) is 2.33. The average molecular weight is 310 g/mol. The molecule has 1 heterocycles. The van der Waals surface area contributed by atoms with E-state index in [4.69, 9.17) is 23.8 Å². The smallest absolute Gasteiger partial charge is 0.260 e. The number of aromatic nitrogens is 1. The Labute approximate surface area is 125 Å². The molecule has 20 heavy (non-hydrogen) atoms. The molecule has 0 saturated heterocycles. The van der Waals surface area contributed by atoms with Crippen molar-refractivity contribution in [1.82, 2.24) is 10.3 Å². The molecule has 0 bridgehead atoms. The Bertz CT molecular complexity index is 648. The first kappa shape index (κ1) is 14.4. The lowest BCUT2D eigenvalue weighted by molar-refractivity contribution is 0.0974. The number of nitrogens with zero attached hydrogens (tertiary/aromatic N) is 1. The summed E-state index contributed by atoms with van der Waals surface area (Å²) in [7, 11) is 0. The highest BCUT2D eigenvalue weighted by Crippen LogP contribution is 2.10. The Morgan fingerprint density at radius 2 is 2.00 bits per heavy atom. The third-order valence-corrected chi connectivity index (χ3v) is 2.76. The molecule has 2 N–H and O–H groups in total. The van der Waals surface area contributed by atoms with E-state index in [1.165, 1.54) is 24.4 Å². The molecule has 0 atom stereocenters. The van der Waals surface area contributed by atoms with Crippen molar-refractivity contribution in [3.63, 3.8) is 0 Å². The zero-order chi connectivity index (χ0) is 14.5. The van der Waals surface area contributed by atoms with E-state index in [0.717, 1.165) is 0 Å². The molecule has 0 radical (unpaired) electrons. The predicted molar refractivity (Wildman–Crippen MR) is 79.3 cm³/mol. The van der Waals surface area contributed by atoms with Crippen molar-refractivity contribution in [2.24, 2.45) is 0 Å². The topological polar surface area (TPSA) is 54.0 Å². The van der Waals surface area contributed by atoms with Crippen molar-refractivity contribution in [3.8, 4) is 0 Å². The summed E-state index contributed by atoms with van der Waals surface area (Å²) >= 11 is 10.6. The van der Waals surface area contributed by atoms with Gasteiger partial charge in [-0.1, -0.05) is 23.7 Å². The molecule has 1 aromatic heterocycles. The van der Waals surface area contributed by atoms with Gasteiger partial charge in [-0.05, 0) is 36.5 Å². The minimum absolute atomic E-state index is 0.0439. The molecule has 2 rings (SSSR count). The molecule has 0 aliphatic heterocycles. The molecule has 0 fully saturated rings. The summed E-state index contributed by atoms with van der Waals surface area (Å²) in [5.41, 5.74) is 0.485. The van der Waals surface area contributed by atoms with Crippen LogP contribution in [0, 0.1) is 5.82 Å². The zero-order valence-electron chi connectivity index (χ0n) is 10.1. The van der Waals surface area contributed by atoms with Gasteiger partial charge in [-0.3, -0.25) is 10.1 Å². The van der Waals surface area contributed by atoms with Gasteiger partial charge in [0.15, 0.2) is 5.11 Å². The van der Waals surface area contributed by atoms with Crippen molar-refractivity contribution >= 4 is 40.5 Å². The highest BCUT2D eigenvalue weighted by molar-refractivity contribution is 7.80. The SMILES string of the molecule is O=C(NC(=S)Nc1ccc(Cl)nc1)c1ccccc1F. The van der Waals surface area contributed by atoms with Gasteiger partial charge >= 0.3 is 0 Å². The second-order valence-electron chi connectivity index (χ2n) is 3.76. The predicted octanol–water partition coefficient (Wildman–Crippen LogP) is 3.00. The van der Waals surface area contributed by atoms with Gasteiger partial charge in [0.2, 0.25) is 0 Å². The Hall–Kier alpha value is -2.05. The van der Waals surface area contributed by atoms with Crippen LogP contribution in [0.4, 0.5) is 10.1 Å². The Balaban J connectivity index is 2.00. The van der Waals surface area contributed by atoms with Crippen molar-refractivity contribution in [2.75, 3.05) is 5.32 Å². The maximum absolute atomic E-state index is 13.4. The number of anilines is 1. The number of amides is 1. The van der Waals surface area contributed by atoms with Crippen molar-refractivity contribution in [1.29, 1.82) is 0 Å². The van der Waals surface area contributed by atoms with Gasteiger partial charge in [0.05, 0.1) is 17.4 Å². The van der Waals surface area contributed by atoms with Crippen molar-refractivity contribution in [3.05, 3.63) is 59.1 Å². The lowest BCUT2D eigenvalue weighted by Crippen LogP contribution is -2.34. The lowest BCUT2D eigenvalue weighted by Gasteiger charge is -2.09. The quantitative estimate of drug-likeness (QED) is 0.661. The molecule has 0 aliphatic rings. The van der Waals surface area contributed by atoms with E-state index in [-0.39, 0.29) is 10.7 Å². The van der Waals surface area contributed by atoms with Gasteiger partial charge in [0, 0.05) is 0 Å². The molecule has 1 amide bonds. The highest BCUT2D eigenvalue weighted by atomic mass is 35.5. The van der Waals surface area contributed by atoms with Crippen LogP contribution < -0.4 is 10.6 Å². The van der Waals surface area contributed by atoms with Crippen molar-refractivity contribution < 1.29 is 9.18 Å². The normalized spacial score (nSPS) is 9.90. The fourth-order valence-corrected chi connectivity index (χ4v) is 1.75. The first-order valence-corrected chi connectivity index (χ1v) is 6.33. The van der Waals surface area contributed by atoms with Crippen LogP contribution in [0.5, 0.6) is 0 Å². The fourth-order valence-electron chi connectivity index (χ4n) is 1.43. The maximum Gasteiger partial charge on any atom is 0.260 e. The number of pyridine rings is 1. The summed E-state index contributed by atoms with van der Waals surface area (Å²) in [5.74, 6) is -1.23. The van der Waals surface area contributed by atoms with Crippen LogP contribution in [-0.4, -0.2) is 16.0 Å². The molecule has 102 valence electrons. The Kier molecular flexibility index (Phi) is 4.60. The zero-order valence-corrected chi connectivity index (χ0v) is 11.6. The molecule has 2 aromatic rings. The minimum Gasteiger partial charge on any atom is -0.331 e. The van der Waals surface area contributed by atoms with Crippen LogP contribution in [0.1, 0.15) is 10.4 Å². The largest absolute Gasteiger partial charge is 0.331 e. The van der Waals surface area contributed by atoms with Gasteiger partial charge in [0.25, 0.3) is 5.91 Å². The van der Waals surface area contributed by atoms with Crippen molar-refractivity contribution in [2.45, 2.75) is 0 Å². The molecular formula is C13H9ClFN3OS. The molecule has 0 spiro atoms. The third kappa shape index (κ3) is 3.72. The van der Waals surface area contributed by atoms with Crippen LogP contribution in [0.2, 0.25) is 5.15 Å². The van der Waals surface area contributed by atoms with Crippen LogP contribution in [0.25, 0.3) is 0 Å². The summed E-state index contributed by atoms with van der Waals surface area (Å²) in [6.45, 7) is 0. The van der Waals surface area contributed by atoms with Gasteiger partial charge in [-0.2, -0.15) is 0 Å². The molecular weight excluding hydrogens is 301 g/mol. The van der Waals surface area contributed by atoms with E-state index in [2.05, 4.69) is 15.6 Å². The van der Waals surface area contributed by atoms with Crippen LogP contribution in [0.15, 0.2) is 42.6 Å². The molecule has 4 nitrogen and oxygen atoms in total. The second kappa shape index (κ2) is 6.40. The highest BCUT2D eigenvalue weighted by Gasteiger charge is 2.12. The minimum atomic E-state index is -0.623. The molecule has 0 unspecified atom stereocenters. The number of rotatable bonds is 2. The fraction of sp³-hybridized carbons (Fsp3) is 0. The standard InChI is InChI=1S/C13H9ClFN3OS/c14-11-6-5-8(7-16-11)17-13(20)18-12(19)9-3-1-2-4-10(9)15/h1-7H,(H2,17,18,19,20). The molecule has 0 aliphatic carbocycles. The summed E-state index contributed by atoms with van der Waals surface area (Å²) in [6, 6.07) is 8.87. The van der Waals surface area contributed by atoms with Gasteiger partial charge in [-0.25, -0.2) is 9.37 Å². The monoisotopic (exact) mass is 309 g/mol. The second-order valence-corrected chi connectivity index (χ2v) is 4.55. The van der Waals surface area contributed by atoms with E-state index in [1.807, 2.05) is 0 Å². The molecule has 0 saturated carbocycles. The average Bonchev–Trinajstić information content (AvgIpc) is 2.41. The number of nitrogens with one attached hydrogen (secondary N) is 2. The lowest BCUT2D eigenvalue weighted by atomic mass is 10.2. The number of thiocarbonyl (C=S) groups is 1. The number of halogens is 2. The molecule has 7 heteroatoms. The van der Waals surface area contributed by atoms with Gasteiger partial charge in [0.1, 0.15) is 11.0 Å². The maximum atomic E-state index is 13.4. The number of carbonyl (C=O) groups is 1. The van der Waals surface area contributed by atoms with Crippen LogP contribution >= 0.6 is 23.8 Å². The molecule has 1 aromatic carbocycles. The number of hydrogen-bond acceptors (Lipinski definition) is 3. The summed E-state index contributed by atoms with van der Waals surface area (Å²) < 4.78 is 13.4. The van der Waals surface area contributed by atoms with Crippen LogP contribution in [0.3, 0.4) is 0 Å². The number of benzene rings is 1. The summed E-state index contributed by atoms with van der Waals surface area (Å²) in [4.78, 5) is 15.7. The van der Waals surface area contributed by atoms with Crippen LogP contribution in [-0.2, 0) is 0 Å².